The summed E-state index contributed by atoms with van der Waals surface area (Å²) < 4.78 is 2.01. The van der Waals surface area contributed by atoms with E-state index >= 15 is 0 Å². The van der Waals surface area contributed by atoms with Crippen molar-refractivity contribution >= 4 is 12.4 Å². The first kappa shape index (κ1) is 14.1. The van der Waals surface area contributed by atoms with Crippen molar-refractivity contribution in [3.8, 4) is 5.69 Å². The summed E-state index contributed by atoms with van der Waals surface area (Å²) in [6.45, 7) is 3.13. The van der Waals surface area contributed by atoms with Crippen molar-refractivity contribution in [1.29, 1.82) is 0 Å². The molecule has 0 saturated carbocycles. The average molecular weight is 279 g/mol. The maximum Gasteiger partial charge on any atom is 0.0991 e. The molecule has 0 radical (unpaired) electrons. The Morgan fingerprint density at radius 2 is 2.05 bits per heavy atom. The largest absolute Gasteiger partial charge is 0.326 e. The van der Waals surface area contributed by atoms with Crippen LogP contribution in [0, 0.1) is 0 Å². The molecule has 3 rings (SSSR count). The van der Waals surface area contributed by atoms with E-state index in [4.69, 9.17) is 5.73 Å². The van der Waals surface area contributed by atoms with Crippen LogP contribution in [-0.2, 0) is 6.54 Å². The van der Waals surface area contributed by atoms with Gasteiger partial charge in [-0.25, -0.2) is 4.98 Å². The fourth-order valence-corrected chi connectivity index (χ4v) is 2.45. The Morgan fingerprint density at radius 1 is 1.26 bits per heavy atom. The van der Waals surface area contributed by atoms with Crippen molar-refractivity contribution in [3.05, 3.63) is 48.5 Å². The molecule has 102 valence electrons. The Morgan fingerprint density at radius 3 is 2.63 bits per heavy atom. The van der Waals surface area contributed by atoms with Gasteiger partial charge in [0.1, 0.15) is 0 Å². The summed E-state index contributed by atoms with van der Waals surface area (Å²) in [7, 11) is 0. The van der Waals surface area contributed by atoms with Crippen molar-refractivity contribution in [2.75, 3.05) is 13.1 Å². The number of halogens is 1. The molecule has 5 heteroatoms. The lowest BCUT2D eigenvalue weighted by molar-refractivity contribution is 0.327. The molecule has 1 saturated heterocycles. The molecule has 1 aromatic heterocycles. The SMILES string of the molecule is Cl.N[C@@H]1CCN(Cc2ccc(-n3ccnc3)cc2)C1. The van der Waals surface area contributed by atoms with Crippen molar-refractivity contribution in [3.63, 3.8) is 0 Å². The van der Waals surface area contributed by atoms with E-state index in [1.165, 1.54) is 5.56 Å². The number of imidazole rings is 1. The molecule has 2 N–H and O–H groups in total. The first-order chi connectivity index (χ1) is 8.81. The van der Waals surface area contributed by atoms with Gasteiger partial charge < -0.3 is 10.3 Å². The van der Waals surface area contributed by atoms with Gasteiger partial charge in [0.25, 0.3) is 0 Å². The monoisotopic (exact) mass is 278 g/mol. The zero-order valence-electron chi connectivity index (χ0n) is 10.8. The van der Waals surface area contributed by atoms with Crippen LogP contribution in [0.5, 0.6) is 0 Å². The van der Waals surface area contributed by atoms with Crippen LogP contribution in [-0.4, -0.2) is 33.6 Å². The zero-order valence-corrected chi connectivity index (χ0v) is 11.6. The second-order valence-corrected chi connectivity index (χ2v) is 4.92. The number of nitrogens with two attached hydrogens (primary N) is 1. The number of benzene rings is 1. The summed E-state index contributed by atoms with van der Waals surface area (Å²) in [5, 5.41) is 0. The molecule has 1 fully saturated rings. The molecule has 2 aromatic rings. The highest BCUT2D eigenvalue weighted by molar-refractivity contribution is 5.85. The van der Waals surface area contributed by atoms with Crippen LogP contribution < -0.4 is 5.73 Å². The predicted octanol–water partition coefficient (Wildman–Crippen LogP) is 1.83. The summed E-state index contributed by atoms with van der Waals surface area (Å²) in [6.07, 6.45) is 6.68. The topological polar surface area (TPSA) is 47.1 Å². The molecule has 0 bridgehead atoms. The fraction of sp³-hybridized carbons (Fsp3) is 0.357. The number of rotatable bonds is 3. The smallest absolute Gasteiger partial charge is 0.0991 e. The van der Waals surface area contributed by atoms with Crippen LogP contribution in [0.1, 0.15) is 12.0 Å². The summed E-state index contributed by atoms with van der Waals surface area (Å²) in [5.41, 5.74) is 8.40. The molecule has 1 aliphatic rings. The molecule has 0 spiro atoms. The quantitative estimate of drug-likeness (QED) is 0.932. The van der Waals surface area contributed by atoms with Crippen molar-refractivity contribution in [2.24, 2.45) is 5.73 Å². The molecule has 0 unspecified atom stereocenters. The van der Waals surface area contributed by atoms with E-state index in [-0.39, 0.29) is 12.4 Å². The minimum absolute atomic E-state index is 0. The van der Waals surface area contributed by atoms with Crippen LogP contribution in [0.2, 0.25) is 0 Å². The van der Waals surface area contributed by atoms with Gasteiger partial charge in [0.15, 0.2) is 0 Å². The normalized spacial score (nSPS) is 19.3. The third-order valence-corrected chi connectivity index (χ3v) is 3.45. The van der Waals surface area contributed by atoms with E-state index in [1.807, 2.05) is 17.1 Å². The second kappa shape index (κ2) is 6.19. The fourth-order valence-electron chi connectivity index (χ4n) is 2.45. The lowest BCUT2D eigenvalue weighted by Gasteiger charge is -2.15. The molecule has 2 heterocycles. The Kier molecular flexibility index (Phi) is 4.58. The Balaban J connectivity index is 0.00000133. The summed E-state index contributed by atoms with van der Waals surface area (Å²) in [6, 6.07) is 8.98. The number of nitrogens with zero attached hydrogens (tertiary/aromatic N) is 3. The third-order valence-electron chi connectivity index (χ3n) is 3.45. The van der Waals surface area contributed by atoms with E-state index in [2.05, 4.69) is 34.1 Å². The molecule has 0 amide bonds. The van der Waals surface area contributed by atoms with Gasteiger partial charge in [-0.1, -0.05) is 12.1 Å². The summed E-state index contributed by atoms with van der Waals surface area (Å²) >= 11 is 0. The summed E-state index contributed by atoms with van der Waals surface area (Å²) in [4.78, 5) is 6.47. The van der Waals surface area contributed by atoms with Gasteiger partial charge in [-0.2, -0.15) is 0 Å². The Hall–Kier alpha value is -1.36. The van der Waals surface area contributed by atoms with Gasteiger partial charge in [0, 0.05) is 43.8 Å². The molecule has 19 heavy (non-hydrogen) atoms. The maximum atomic E-state index is 5.92. The molecule has 0 aliphatic carbocycles. The molecular formula is C14H19ClN4. The van der Waals surface area contributed by atoms with Crippen molar-refractivity contribution in [2.45, 2.75) is 19.0 Å². The minimum Gasteiger partial charge on any atom is -0.326 e. The molecule has 1 atom stereocenters. The van der Waals surface area contributed by atoms with E-state index in [0.717, 1.165) is 31.7 Å². The average Bonchev–Trinajstić information content (AvgIpc) is 3.02. The highest BCUT2D eigenvalue weighted by atomic mass is 35.5. The molecule has 1 aromatic carbocycles. The van der Waals surface area contributed by atoms with Gasteiger partial charge >= 0.3 is 0 Å². The third kappa shape index (κ3) is 3.35. The van der Waals surface area contributed by atoms with E-state index in [9.17, 15) is 0 Å². The molecular weight excluding hydrogens is 260 g/mol. The van der Waals surface area contributed by atoms with Crippen molar-refractivity contribution < 1.29 is 0 Å². The number of likely N-dealkylation sites (tertiary alicyclic amines) is 1. The van der Waals surface area contributed by atoms with Crippen LogP contribution in [0.4, 0.5) is 0 Å². The maximum absolute atomic E-state index is 5.92. The van der Waals surface area contributed by atoms with Gasteiger partial charge in [-0.15, -0.1) is 12.4 Å². The lowest BCUT2D eigenvalue weighted by atomic mass is 10.2. The van der Waals surface area contributed by atoms with Crippen LogP contribution in [0.25, 0.3) is 5.69 Å². The van der Waals surface area contributed by atoms with Crippen LogP contribution in [0.15, 0.2) is 43.0 Å². The Bertz CT molecular complexity index is 495. The minimum atomic E-state index is 0. The number of hydrogen-bond donors (Lipinski definition) is 1. The predicted molar refractivity (Wildman–Crippen MR) is 78.7 cm³/mol. The molecule has 4 nitrogen and oxygen atoms in total. The highest BCUT2D eigenvalue weighted by Crippen LogP contribution is 2.14. The first-order valence-electron chi connectivity index (χ1n) is 6.36. The number of aromatic nitrogens is 2. The standard InChI is InChI=1S/C14H18N4.ClH/c15-13-5-7-17(10-13)9-12-1-3-14(4-2-12)18-8-6-16-11-18;/h1-4,6,8,11,13H,5,7,9-10,15H2;1H/t13-;/m1./s1. The first-order valence-corrected chi connectivity index (χ1v) is 6.36. The van der Waals surface area contributed by atoms with Gasteiger partial charge in [0.05, 0.1) is 6.33 Å². The van der Waals surface area contributed by atoms with Crippen LogP contribution >= 0.6 is 12.4 Å². The lowest BCUT2D eigenvalue weighted by Crippen LogP contribution is -2.26. The summed E-state index contributed by atoms with van der Waals surface area (Å²) in [5.74, 6) is 0. The highest BCUT2D eigenvalue weighted by Gasteiger charge is 2.18. The van der Waals surface area contributed by atoms with E-state index in [1.54, 1.807) is 6.20 Å². The van der Waals surface area contributed by atoms with E-state index in [0.29, 0.717) is 6.04 Å². The van der Waals surface area contributed by atoms with Gasteiger partial charge in [-0.3, -0.25) is 4.90 Å². The van der Waals surface area contributed by atoms with Crippen LogP contribution in [0.3, 0.4) is 0 Å². The number of hydrogen-bond acceptors (Lipinski definition) is 3. The van der Waals surface area contributed by atoms with Crippen molar-refractivity contribution in [1.82, 2.24) is 14.5 Å². The Labute approximate surface area is 119 Å². The van der Waals surface area contributed by atoms with Gasteiger partial charge in [-0.05, 0) is 24.1 Å². The second-order valence-electron chi connectivity index (χ2n) is 4.92. The zero-order chi connectivity index (χ0) is 12.4. The van der Waals surface area contributed by atoms with Gasteiger partial charge in [0.2, 0.25) is 0 Å². The molecule has 1 aliphatic heterocycles. The van der Waals surface area contributed by atoms with E-state index < -0.39 is 0 Å².